The lowest BCUT2D eigenvalue weighted by Gasteiger charge is -2.36. The molecule has 0 spiro atoms. The zero-order valence-electron chi connectivity index (χ0n) is 15.9. The molecular formula is C22H33N3O. The van der Waals surface area contributed by atoms with E-state index in [1.807, 2.05) is 0 Å². The van der Waals surface area contributed by atoms with Crippen LogP contribution in [0.4, 0.5) is 0 Å². The molecule has 0 aromatic heterocycles. The Labute approximate surface area is 157 Å². The Morgan fingerprint density at radius 1 is 0.962 bits per heavy atom. The minimum absolute atomic E-state index is 0.269. The van der Waals surface area contributed by atoms with E-state index in [1.54, 1.807) is 0 Å². The van der Waals surface area contributed by atoms with Gasteiger partial charge in [-0.2, -0.15) is 0 Å². The van der Waals surface area contributed by atoms with Crippen molar-refractivity contribution in [3.05, 3.63) is 35.9 Å². The van der Waals surface area contributed by atoms with Crippen LogP contribution < -0.4 is 5.32 Å². The number of piperazine rings is 1. The molecule has 1 amide bonds. The monoisotopic (exact) mass is 355 g/mol. The highest BCUT2D eigenvalue weighted by molar-refractivity contribution is 5.79. The molecule has 2 saturated heterocycles. The predicted octanol–water partition coefficient (Wildman–Crippen LogP) is 2.71. The number of carbonyl (C=O) groups excluding carboxylic acids is 1. The first kappa shape index (κ1) is 18.0. The average molecular weight is 356 g/mol. The Morgan fingerprint density at radius 2 is 1.69 bits per heavy atom. The second kappa shape index (κ2) is 8.53. The summed E-state index contributed by atoms with van der Waals surface area (Å²) < 4.78 is 0. The molecule has 1 aliphatic carbocycles. The van der Waals surface area contributed by atoms with Crippen molar-refractivity contribution in [2.45, 2.75) is 38.0 Å². The van der Waals surface area contributed by atoms with Gasteiger partial charge in [0.25, 0.3) is 0 Å². The third kappa shape index (κ3) is 4.29. The minimum atomic E-state index is 0.269. The number of benzene rings is 1. The molecule has 1 saturated carbocycles. The van der Waals surface area contributed by atoms with Gasteiger partial charge in [-0.25, -0.2) is 0 Å². The Balaban J connectivity index is 1.21. The Bertz CT molecular complexity index is 576. The van der Waals surface area contributed by atoms with Crippen molar-refractivity contribution in [2.24, 2.45) is 11.8 Å². The number of hydrogen-bond acceptors (Lipinski definition) is 3. The van der Waals surface area contributed by atoms with Crippen LogP contribution in [0, 0.1) is 11.8 Å². The number of likely N-dealkylation sites (tertiary alicyclic amines) is 1. The van der Waals surface area contributed by atoms with E-state index in [2.05, 4.69) is 45.4 Å². The Morgan fingerprint density at radius 3 is 2.42 bits per heavy atom. The number of carbonyl (C=O) groups is 1. The van der Waals surface area contributed by atoms with Gasteiger partial charge < -0.3 is 15.1 Å². The number of rotatable bonds is 4. The van der Waals surface area contributed by atoms with Crippen LogP contribution in [0.2, 0.25) is 0 Å². The third-order valence-electron chi connectivity index (χ3n) is 6.69. The van der Waals surface area contributed by atoms with Crippen LogP contribution in [0.3, 0.4) is 0 Å². The van der Waals surface area contributed by atoms with Crippen LogP contribution in [-0.4, -0.2) is 61.5 Å². The summed E-state index contributed by atoms with van der Waals surface area (Å²) in [5.41, 5.74) is 1.52. The normalized spacial score (nSPS) is 28.4. The molecule has 3 aliphatic rings. The van der Waals surface area contributed by atoms with Crippen molar-refractivity contribution in [3.8, 4) is 0 Å². The lowest BCUT2D eigenvalue weighted by atomic mass is 9.93. The van der Waals surface area contributed by atoms with Crippen LogP contribution in [-0.2, 0) is 4.79 Å². The molecular weight excluding hydrogens is 322 g/mol. The maximum absolute atomic E-state index is 12.7. The first-order valence-corrected chi connectivity index (χ1v) is 10.6. The first-order valence-electron chi connectivity index (χ1n) is 10.6. The fourth-order valence-electron chi connectivity index (χ4n) is 5.14. The molecule has 0 bridgehead atoms. The van der Waals surface area contributed by atoms with Gasteiger partial charge in [0, 0.05) is 38.6 Å². The number of nitrogens with one attached hydrogen (secondary N) is 1. The molecule has 3 fully saturated rings. The number of piperidine rings is 1. The summed E-state index contributed by atoms with van der Waals surface area (Å²) in [6.45, 7) is 7.13. The lowest BCUT2D eigenvalue weighted by Crippen LogP contribution is -2.50. The van der Waals surface area contributed by atoms with Crippen LogP contribution in [0.5, 0.6) is 0 Å². The minimum Gasteiger partial charge on any atom is -0.340 e. The highest BCUT2D eigenvalue weighted by Crippen LogP contribution is 2.38. The molecule has 2 heterocycles. The van der Waals surface area contributed by atoms with Crippen LogP contribution in [0.25, 0.3) is 0 Å². The second-order valence-corrected chi connectivity index (χ2v) is 8.44. The summed E-state index contributed by atoms with van der Waals surface area (Å²) >= 11 is 0. The van der Waals surface area contributed by atoms with Crippen molar-refractivity contribution in [1.82, 2.24) is 15.1 Å². The number of hydrogen-bond donors (Lipinski definition) is 1. The maximum atomic E-state index is 12.7. The van der Waals surface area contributed by atoms with Crippen molar-refractivity contribution in [1.29, 1.82) is 0 Å². The molecule has 1 N–H and O–H groups in total. The van der Waals surface area contributed by atoms with Gasteiger partial charge in [-0.3, -0.25) is 4.79 Å². The second-order valence-electron chi connectivity index (χ2n) is 8.44. The summed E-state index contributed by atoms with van der Waals surface area (Å²) in [6.07, 6.45) is 6.14. The van der Waals surface area contributed by atoms with E-state index in [1.165, 1.54) is 31.4 Å². The van der Waals surface area contributed by atoms with E-state index in [0.717, 1.165) is 63.9 Å². The number of amides is 1. The van der Waals surface area contributed by atoms with Gasteiger partial charge in [-0.1, -0.05) is 30.3 Å². The van der Waals surface area contributed by atoms with Gasteiger partial charge >= 0.3 is 0 Å². The summed E-state index contributed by atoms with van der Waals surface area (Å²) in [6, 6.07) is 11.0. The van der Waals surface area contributed by atoms with E-state index in [4.69, 9.17) is 0 Å². The van der Waals surface area contributed by atoms with Crippen LogP contribution >= 0.6 is 0 Å². The van der Waals surface area contributed by atoms with Gasteiger partial charge in [-0.05, 0) is 62.6 Å². The standard InChI is InChI=1S/C22H33N3O/c26-22(25-14-10-23-11-15-25)20-8-12-24(13-9-20)17-18-6-7-21(16-18)19-4-2-1-3-5-19/h1-5,18,20-21,23H,6-17H2/t18-,21-/m1/s1. The SMILES string of the molecule is O=C(C1CCN(C[C@@H]2CC[C@@H](c3ccccc3)C2)CC1)N1CCNCC1. The highest BCUT2D eigenvalue weighted by atomic mass is 16.2. The molecule has 4 heteroatoms. The van der Waals surface area contributed by atoms with Gasteiger partial charge in [0.05, 0.1) is 0 Å². The molecule has 4 rings (SSSR count). The van der Waals surface area contributed by atoms with E-state index in [0.29, 0.717) is 5.91 Å². The van der Waals surface area contributed by atoms with Gasteiger partial charge in [0.15, 0.2) is 0 Å². The Hall–Kier alpha value is -1.39. The molecule has 2 aliphatic heterocycles. The molecule has 1 aromatic carbocycles. The lowest BCUT2D eigenvalue weighted by molar-refractivity contribution is -0.137. The number of nitrogens with zero attached hydrogens (tertiary/aromatic N) is 2. The molecule has 2 atom stereocenters. The van der Waals surface area contributed by atoms with Crippen molar-refractivity contribution in [3.63, 3.8) is 0 Å². The quantitative estimate of drug-likeness (QED) is 0.902. The summed E-state index contributed by atoms with van der Waals surface area (Å²) in [5.74, 6) is 2.27. The zero-order valence-corrected chi connectivity index (χ0v) is 15.9. The van der Waals surface area contributed by atoms with Crippen molar-refractivity contribution in [2.75, 3.05) is 45.8 Å². The predicted molar refractivity (Wildman–Crippen MR) is 105 cm³/mol. The summed E-state index contributed by atoms with van der Waals surface area (Å²) in [5, 5.41) is 3.33. The molecule has 142 valence electrons. The van der Waals surface area contributed by atoms with Gasteiger partial charge in [-0.15, -0.1) is 0 Å². The zero-order chi connectivity index (χ0) is 17.8. The smallest absolute Gasteiger partial charge is 0.225 e. The maximum Gasteiger partial charge on any atom is 0.225 e. The molecule has 4 nitrogen and oxygen atoms in total. The summed E-state index contributed by atoms with van der Waals surface area (Å²) in [7, 11) is 0. The fraction of sp³-hybridized carbons (Fsp3) is 0.682. The van der Waals surface area contributed by atoms with E-state index in [-0.39, 0.29) is 5.92 Å². The molecule has 0 unspecified atom stereocenters. The van der Waals surface area contributed by atoms with Gasteiger partial charge in [0.2, 0.25) is 5.91 Å². The fourth-order valence-corrected chi connectivity index (χ4v) is 5.14. The molecule has 1 aromatic rings. The van der Waals surface area contributed by atoms with E-state index in [9.17, 15) is 4.79 Å². The third-order valence-corrected chi connectivity index (χ3v) is 6.69. The average Bonchev–Trinajstić information content (AvgIpc) is 3.18. The molecule has 26 heavy (non-hydrogen) atoms. The summed E-state index contributed by atoms with van der Waals surface area (Å²) in [4.78, 5) is 17.4. The molecule has 0 radical (unpaired) electrons. The van der Waals surface area contributed by atoms with Crippen LogP contribution in [0.15, 0.2) is 30.3 Å². The Kier molecular flexibility index (Phi) is 5.91. The first-order chi connectivity index (χ1) is 12.8. The largest absolute Gasteiger partial charge is 0.340 e. The highest BCUT2D eigenvalue weighted by Gasteiger charge is 2.32. The van der Waals surface area contributed by atoms with Gasteiger partial charge in [0.1, 0.15) is 0 Å². The van der Waals surface area contributed by atoms with Crippen LogP contribution in [0.1, 0.15) is 43.6 Å². The van der Waals surface area contributed by atoms with Crippen molar-refractivity contribution >= 4 is 5.91 Å². The topological polar surface area (TPSA) is 35.6 Å². The van der Waals surface area contributed by atoms with E-state index >= 15 is 0 Å². The van der Waals surface area contributed by atoms with E-state index < -0.39 is 0 Å². The van der Waals surface area contributed by atoms with Crippen molar-refractivity contribution < 1.29 is 4.79 Å².